The maximum Gasteiger partial charge on any atom is 0.415 e. The van der Waals surface area contributed by atoms with E-state index < -0.39 is 35.0 Å². The zero-order valence-corrected chi connectivity index (χ0v) is 18.4. The quantitative estimate of drug-likeness (QED) is 0.372. The number of carbonyl (C=O) groups is 3. The lowest BCUT2D eigenvalue weighted by atomic mass is 10.1. The van der Waals surface area contributed by atoms with Crippen LogP contribution in [0.25, 0.3) is 0 Å². The van der Waals surface area contributed by atoms with Gasteiger partial charge in [0.25, 0.3) is 11.6 Å². The lowest BCUT2D eigenvalue weighted by Crippen LogP contribution is -2.55. The van der Waals surface area contributed by atoms with Crippen LogP contribution in [0.3, 0.4) is 0 Å². The smallest absolute Gasteiger partial charge is 0.410 e. The van der Waals surface area contributed by atoms with E-state index in [9.17, 15) is 24.5 Å². The van der Waals surface area contributed by atoms with Crippen LogP contribution < -0.4 is 9.64 Å². The standard InChI is InChI=1S/C22H16ClN5O6/c1-11-16(7-2-12(9-24)18(11)23)27-20(29)19-17-8-14(26(19)21(27)30)10-25(17)22(31)34-15-5-3-13(4-6-15)28(32)33/h2-7,14,17,19H,8,10H2,1H3/t14-,17?,19-/m1/s1. The minimum absolute atomic E-state index is 0.133. The van der Waals surface area contributed by atoms with Gasteiger partial charge in [0.1, 0.15) is 17.9 Å². The van der Waals surface area contributed by atoms with Crippen molar-refractivity contribution in [2.45, 2.75) is 31.5 Å². The van der Waals surface area contributed by atoms with E-state index in [1.54, 1.807) is 6.92 Å². The molecule has 3 fully saturated rings. The molecule has 3 aliphatic heterocycles. The van der Waals surface area contributed by atoms with Gasteiger partial charge in [-0.2, -0.15) is 5.26 Å². The molecule has 5 rings (SSSR count). The number of anilines is 1. The molecule has 2 bridgehead atoms. The summed E-state index contributed by atoms with van der Waals surface area (Å²) in [5.41, 5.74) is 0.838. The van der Waals surface area contributed by atoms with Crippen molar-refractivity contribution in [2.75, 3.05) is 11.4 Å². The number of amides is 4. The van der Waals surface area contributed by atoms with E-state index in [0.29, 0.717) is 17.7 Å². The van der Waals surface area contributed by atoms with Crippen LogP contribution in [0.2, 0.25) is 5.02 Å². The van der Waals surface area contributed by atoms with Gasteiger partial charge in [0.15, 0.2) is 0 Å². The number of nitrogens with zero attached hydrogens (tertiary/aromatic N) is 5. The van der Waals surface area contributed by atoms with Gasteiger partial charge in [-0.1, -0.05) is 11.6 Å². The van der Waals surface area contributed by atoms with Crippen molar-refractivity contribution in [3.8, 4) is 11.8 Å². The third kappa shape index (κ3) is 3.07. The third-order valence-corrected chi connectivity index (χ3v) is 6.96. The second-order valence-corrected chi connectivity index (χ2v) is 8.60. The molecule has 2 aromatic carbocycles. The maximum atomic E-state index is 13.3. The number of piperazine rings is 1. The van der Waals surface area contributed by atoms with Gasteiger partial charge < -0.3 is 14.5 Å². The zero-order valence-electron chi connectivity index (χ0n) is 17.7. The van der Waals surface area contributed by atoms with E-state index in [1.165, 1.54) is 46.2 Å². The largest absolute Gasteiger partial charge is 0.415 e. The van der Waals surface area contributed by atoms with Gasteiger partial charge in [-0.05, 0) is 43.2 Å². The number of rotatable bonds is 3. The van der Waals surface area contributed by atoms with Gasteiger partial charge >= 0.3 is 12.1 Å². The van der Waals surface area contributed by atoms with Gasteiger partial charge in [0, 0.05) is 18.7 Å². The highest BCUT2D eigenvalue weighted by Crippen LogP contribution is 2.44. The zero-order chi connectivity index (χ0) is 24.3. The van der Waals surface area contributed by atoms with E-state index in [4.69, 9.17) is 21.6 Å². The normalized spacial score (nSPS) is 22.7. The Morgan fingerprint density at radius 2 is 1.94 bits per heavy atom. The van der Waals surface area contributed by atoms with Gasteiger partial charge in [-0.25, -0.2) is 14.5 Å². The van der Waals surface area contributed by atoms with Crippen molar-refractivity contribution in [1.29, 1.82) is 5.26 Å². The molecular weight excluding hydrogens is 466 g/mol. The van der Waals surface area contributed by atoms with Crippen molar-refractivity contribution in [3.05, 3.63) is 62.7 Å². The number of imide groups is 1. The summed E-state index contributed by atoms with van der Waals surface area (Å²) in [6.45, 7) is 1.83. The van der Waals surface area contributed by atoms with Crippen LogP contribution in [-0.2, 0) is 4.79 Å². The Bertz CT molecular complexity index is 1310. The third-order valence-electron chi connectivity index (χ3n) is 6.47. The summed E-state index contributed by atoms with van der Waals surface area (Å²) in [5, 5.41) is 20.1. The average Bonchev–Trinajstić information content (AvgIpc) is 3.48. The summed E-state index contributed by atoms with van der Waals surface area (Å²) in [6, 6.07) is 7.76. The van der Waals surface area contributed by atoms with Crippen molar-refractivity contribution >= 4 is 41.0 Å². The Morgan fingerprint density at radius 3 is 2.59 bits per heavy atom. The summed E-state index contributed by atoms with van der Waals surface area (Å²) in [5.74, 6) is -0.345. The molecule has 1 unspecified atom stereocenters. The molecule has 172 valence electrons. The SMILES string of the molecule is Cc1c(N2C(=O)[C@H]3C4C[C@H](CN4C(=O)Oc4ccc([N+](=O)[O-])cc4)N3C2=O)ccc(C#N)c1Cl. The first kappa shape index (κ1) is 21.7. The molecule has 4 amide bonds. The van der Waals surface area contributed by atoms with Gasteiger partial charge in [0.05, 0.1) is 33.3 Å². The van der Waals surface area contributed by atoms with E-state index >= 15 is 0 Å². The Morgan fingerprint density at radius 1 is 1.24 bits per heavy atom. The molecule has 3 saturated heterocycles. The molecule has 0 radical (unpaired) electrons. The van der Waals surface area contributed by atoms with E-state index in [1.807, 2.05) is 6.07 Å². The van der Waals surface area contributed by atoms with Crippen LogP contribution in [0, 0.1) is 28.4 Å². The summed E-state index contributed by atoms with van der Waals surface area (Å²) < 4.78 is 5.36. The number of ether oxygens (including phenoxy) is 1. The molecule has 0 aliphatic carbocycles. The van der Waals surface area contributed by atoms with Crippen LogP contribution in [0.5, 0.6) is 5.75 Å². The fraction of sp³-hybridized carbons (Fsp3) is 0.273. The van der Waals surface area contributed by atoms with Crippen molar-refractivity contribution in [3.63, 3.8) is 0 Å². The Hall–Kier alpha value is -4.17. The minimum atomic E-state index is -0.857. The number of urea groups is 1. The molecule has 11 nitrogen and oxygen atoms in total. The highest BCUT2D eigenvalue weighted by molar-refractivity contribution is 6.33. The fourth-order valence-electron chi connectivity index (χ4n) is 4.89. The second-order valence-electron chi connectivity index (χ2n) is 8.22. The number of nitro benzene ring substituents is 1. The van der Waals surface area contributed by atoms with Crippen LogP contribution in [0.4, 0.5) is 21.0 Å². The van der Waals surface area contributed by atoms with Crippen LogP contribution in [0.15, 0.2) is 36.4 Å². The van der Waals surface area contributed by atoms with Gasteiger partial charge in [-0.15, -0.1) is 0 Å². The number of hydrogen-bond donors (Lipinski definition) is 0. The van der Waals surface area contributed by atoms with Crippen molar-refractivity contribution in [1.82, 2.24) is 9.80 Å². The van der Waals surface area contributed by atoms with Gasteiger partial charge in [0.2, 0.25) is 0 Å². The maximum absolute atomic E-state index is 13.3. The molecule has 3 aliphatic rings. The van der Waals surface area contributed by atoms with Crippen LogP contribution in [-0.4, -0.2) is 57.4 Å². The fourth-order valence-corrected chi connectivity index (χ4v) is 5.09. The van der Waals surface area contributed by atoms with Gasteiger partial charge in [-0.3, -0.25) is 14.9 Å². The molecule has 0 aromatic heterocycles. The van der Waals surface area contributed by atoms with Crippen LogP contribution >= 0.6 is 11.6 Å². The van der Waals surface area contributed by atoms with E-state index in [0.717, 1.165) is 4.90 Å². The number of likely N-dealkylation sites (tertiary alicyclic amines) is 1. The van der Waals surface area contributed by atoms with E-state index in [2.05, 4.69) is 0 Å². The predicted octanol–water partition coefficient (Wildman–Crippen LogP) is 3.22. The summed E-state index contributed by atoms with van der Waals surface area (Å²) in [7, 11) is 0. The number of halogens is 1. The molecular formula is C22H16ClN5O6. The topological polar surface area (TPSA) is 137 Å². The lowest BCUT2D eigenvalue weighted by Gasteiger charge is -2.34. The molecule has 0 saturated carbocycles. The summed E-state index contributed by atoms with van der Waals surface area (Å²) >= 11 is 6.24. The molecule has 2 aromatic rings. The molecule has 0 spiro atoms. The number of non-ortho nitro benzene ring substituents is 1. The summed E-state index contributed by atoms with van der Waals surface area (Å²) in [6.07, 6.45) is -0.254. The second kappa shape index (κ2) is 7.71. The number of benzene rings is 2. The Kier molecular flexibility index (Phi) is 4.91. The van der Waals surface area contributed by atoms with Crippen LogP contribution in [0.1, 0.15) is 17.5 Å². The predicted molar refractivity (Wildman–Crippen MR) is 117 cm³/mol. The van der Waals surface area contributed by atoms with E-state index in [-0.39, 0.29) is 34.6 Å². The summed E-state index contributed by atoms with van der Waals surface area (Å²) in [4.78, 5) is 53.6. The average molecular weight is 482 g/mol. The molecule has 3 heterocycles. The monoisotopic (exact) mass is 481 g/mol. The number of nitriles is 1. The first-order valence-corrected chi connectivity index (χ1v) is 10.7. The molecule has 0 N–H and O–H groups in total. The first-order valence-electron chi connectivity index (χ1n) is 10.3. The molecule has 12 heteroatoms. The van der Waals surface area contributed by atoms with Crippen molar-refractivity contribution < 1.29 is 24.0 Å². The number of nitro groups is 1. The molecule has 34 heavy (non-hydrogen) atoms. The lowest BCUT2D eigenvalue weighted by molar-refractivity contribution is -0.384. The number of fused-ring (bicyclic) bond motifs is 5. The number of hydrogen-bond acceptors (Lipinski definition) is 7. The Balaban J connectivity index is 1.37. The highest BCUT2D eigenvalue weighted by atomic mass is 35.5. The Labute approximate surface area is 197 Å². The number of carbonyl (C=O) groups excluding carboxylic acids is 3. The first-order chi connectivity index (χ1) is 16.2. The van der Waals surface area contributed by atoms with Crippen molar-refractivity contribution in [2.24, 2.45) is 0 Å². The highest BCUT2D eigenvalue weighted by Gasteiger charge is 2.63. The minimum Gasteiger partial charge on any atom is -0.410 e. The molecule has 3 atom stereocenters.